The molecule has 0 saturated heterocycles. The zero-order chi connectivity index (χ0) is 15.6. The van der Waals surface area contributed by atoms with Crippen LogP contribution >= 0.6 is 11.8 Å². The Morgan fingerprint density at radius 3 is 2.62 bits per heavy atom. The summed E-state index contributed by atoms with van der Waals surface area (Å²) in [6.07, 6.45) is 0. The van der Waals surface area contributed by atoms with Crippen LogP contribution in [-0.2, 0) is 10.0 Å². The lowest BCUT2D eigenvalue weighted by molar-refractivity contribution is 0.597. The summed E-state index contributed by atoms with van der Waals surface area (Å²) in [5, 5.41) is 11.2. The highest BCUT2D eigenvalue weighted by atomic mass is 32.2. The van der Waals surface area contributed by atoms with Gasteiger partial charge in [0.05, 0.1) is 12.3 Å². The fourth-order valence-electron chi connectivity index (χ4n) is 1.48. The summed E-state index contributed by atoms with van der Waals surface area (Å²) < 4.78 is 21.7. The van der Waals surface area contributed by atoms with Gasteiger partial charge in [-0.05, 0) is 19.1 Å². The molecule has 0 aliphatic carbocycles. The van der Waals surface area contributed by atoms with Gasteiger partial charge in [0.25, 0.3) is 0 Å². The van der Waals surface area contributed by atoms with E-state index in [1.807, 2.05) is 25.1 Å². The molecule has 0 fully saturated rings. The minimum atomic E-state index is -3.46. The molecule has 0 aromatic heterocycles. The van der Waals surface area contributed by atoms with Gasteiger partial charge in [0, 0.05) is 23.7 Å². The lowest BCUT2D eigenvalue weighted by atomic mass is 10.4. The number of guanidine groups is 1. The van der Waals surface area contributed by atoms with Crippen LogP contribution in [0.25, 0.3) is 0 Å². The van der Waals surface area contributed by atoms with Crippen molar-refractivity contribution >= 4 is 27.7 Å². The average Bonchev–Trinajstić information content (AvgIpc) is 2.43. The molecule has 0 spiro atoms. The van der Waals surface area contributed by atoms with Crippen molar-refractivity contribution in [3.63, 3.8) is 0 Å². The standard InChI is InChI=1S/C13H22N4O2S2/c1-2-15-13(17-9-11-21(14,18)19)16-8-10-20-12-6-4-3-5-7-12/h3-7H,2,8-11H2,1H3,(H2,14,18,19)(H2,15,16,17). The highest BCUT2D eigenvalue weighted by Crippen LogP contribution is 2.15. The summed E-state index contributed by atoms with van der Waals surface area (Å²) >= 11 is 1.75. The van der Waals surface area contributed by atoms with Gasteiger partial charge in [0.15, 0.2) is 5.96 Å². The molecule has 0 aliphatic heterocycles. The van der Waals surface area contributed by atoms with Gasteiger partial charge in [-0.25, -0.2) is 13.6 Å². The molecule has 1 aromatic carbocycles. The summed E-state index contributed by atoms with van der Waals surface area (Å²) in [6, 6.07) is 10.1. The number of primary sulfonamides is 1. The van der Waals surface area contributed by atoms with Gasteiger partial charge in [0.2, 0.25) is 10.0 Å². The Morgan fingerprint density at radius 1 is 1.29 bits per heavy atom. The molecule has 0 heterocycles. The van der Waals surface area contributed by atoms with Crippen molar-refractivity contribution in [2.45, 2.75) is 11.8 Å². The first kappa shape index (κ1) is 17.8. The van der Waals surface area contributed by atoms with Crippen molar-refractivity contribution < 1.29 is 8.42 Å². The van der Waals surface area contributed by atoms with E-state index in [9.17, 15) is 8.42 Å². The number of thioether (sulfide) groups is 1. The van der Waals surface area contributed by atoms with E-state index in [0.29, 0.717) is 12.5 Å². The fraction of sp³-hybridized carbons (Fsp3) is 0.462. The maximum Gasteiger partial charge on any atom is 0.210 e. The number of nitrogens with zero attached hydrogens (tertiary/aromatic N) is 1. The number of hydrogen-bond donors (Lipinski definition) is 3. The van der Waals surface area contributed by atoms with E-state index in [-0.39, 0.29) is 12.3 Å². The van der Waals surface area contributed by atoms with E-state index < -0.39 is 10.0 Å². The smallest absolute Gasteiger partial charge is 0.210 e. The second-order valence-corrected chi connectivity index (χ2v) is 7.12. The van der Waals surface area contributed by atoms with E-state index in [4.69, 9.17) is 5.14 Å². The Hall–Kier alpha value is -1.25. The van der Waals surface area contributed by atoms with Crippen molar-refractivity contribution in [2.24, 2.45) is 10.1 Å². The first-order valence-electron chi connectivity index (χ1n) is 6.72. The van der Waals surface area contributed by atoms with Crippen LogP contribution in [0.4, 0.5) is 0 Å². The Kier molecular flexibility index (Phi) is 8.17. The number of nitrogens with two attached hydrogens (primary N) is 1. The van der Waals surface area contributed by atoms with Gasteiger partial charge in [0.1, 0.15) is 0 Å². The Bertz CT molecular complexity index is 532. The molecule has 6 nitrogen and oxygen atoms in total. The minimum absolute atomic E-state index is 0.150. The topological polar surface area (TPSA) is 96.6 Å². The van der Waals surface area contributed by atoms with Gasteiger partial charge >= 0.3 is 0 Å². The molecule has 0 unspecified atom stereocenters. The molecule has 0 bridgehead atoms. The monoisotopic (exact) mass is 330 g/mol. The number of aliphatic imine (C=N–C) groups is 1. The van der Waals surface area contributed by atoms with Crippen molar-refractivity contribution in [3.05, 3.63) is 30.3 Å². The third-order valence-corrected chi connectivity index (χ3v) is 4.16. The number of benzene rings is 1. The molecule has 1 rings (SSSR count). The lowest BCUT2D eigenvalue weighted by Crippen LogP contribution is -2.38. The van der Waals surface area contributed by atoms with Crippen LogP contribution < -0.4 is 15.8 Å². The number of sulfonamides is 1. The Labute approximate surface area is 130 Å². The van der Waals surface area contributed by atoms with Gasteiger partial charge in [-0.3, -0.25) is 4.99 Å². The van der Waals surface area contributed by atoms with Crippen LogP contribution in [0.1, 0.15) is 6.92 Å². The number of nitrogens with one attached hydrogen (secondary N) is 2. The van der Waals surface area contributed by atoms with Crippen molar-refractivity contribution in [1.29, 1.82) is 0 Å². The van der Waals surface area contributed by atoms with E-state index in [0.717, 1.165) is 12.3 Å². The second-order valence-electron chi connectivity index (χ2n) is 4.22. The molecule has 1 aromatic rings. The van der Waals surface area contributed by atoms with Gasteiger partial charge < -0.3 is 10.6 Å². The number of rotatable bonds is 8. The minimum Gasteiger partial charge on any atom is -0.357 e. The number of hydrogen-bond acceptors (Lipinski definition) is 4. The maximum absolute atomic E-state index is 10.9. The summed E-state index contributed by atoms with van der Waals surface area (Å²) in [7, 11) is -3.46. The van der Waals surface area contributed by atoms with Crippen LogP contribution in [0.15, 0.2) is 40.2 Å². The zero-order valence-corrected chi connectivity index (χ0v) is 13.7. The van der Waals surface area contributed by atoms with E-state index >= 15 is 0 Å². The molecule has 4 N–H and O–H groups in total. The Balaban J connectivity index is 2.32. The second kappa shape index (κ2) is 9.64. The van der Waals surface area contributed by atoms with Crippen molar-refractivity contribution in [2.75, 3.05) is 31.1 Å². The van der Waals surface area contributed by atoms with Crippen molar-refractivity contribution in [3.8, 4) is 0 Å². The molecule has 118 valence electrons. The molecule has 0 atom stereocenters. The average molecular weight is 330 g/mol. The van der Waals surface area contributed by atoms with Crippen LogP contribution in [-0.4, -0.2) is 45.5 Å². The fourth-order valence-corrected chi connectivity index (χ4v) is 2.62. The summed E-state index contributed by atoms with van der Waals surface area (Å²) in [5.74, 6) is 1.35. The van der Waals surface area contributed by atoms with Crippen LogP contribution in [0.3, 0.4) is 0 Å². The van der Waals surface area contributed by atoms with Crippen LogP contribution in [0.2, 0.25) is 0 Å². The molecule has 0 aliphatic rings. The molecule has 0 radical (unpaired) electrons. The Morgan fingerprint density at radius 2 is 2.00 bits per heavy atom. The van der Waals surface area contributed by atoms with Gasteiger partial charge in [-0.2, -0.15) is 0 Å². The maximum atomic E-state index is 10.9. The van der Waals surface area contributed by atoms with Crippen LogP contribution in [0.5, 0.6) is 0 Å². The predicted molar refractivity (Wildman–Crippen MR) is 89.1 cm³/mol. The first-order chi connectivity index (χ1) is 10.0. The van der Waals surface area contributed by atoms with Gasteiger partial charge in [-0.15, -0.1) is 11.8 Å². The first-order valence-corrected chi connectivity index (χ1v) is 9.42. The van der Waals surface area contributed by atoms with E-state index in [1.165, 1.54) is 4.90 Å². The van der Waals surface area contributed by atoms with Crippen molar-refractivity contribution in [1.82, 2.24) is 10.6 Å². The highest BCUT2D eigenvalue weighted by Gasteiger charge is 2.02. The molecule has 21 heavy (non-hydrogen) atoms. The zero-order valence-electron chi connectivity index (χ0n) is 12.1. The predicted octanol–water partition coefficient (Wildman–Crippen LogP) is 0.622. The third-order valence-electron chi connectivity index (χ3n) is 2.40. The van der Waals surface area contributed by atoms with E-state index in [2.05, 4.69) is 27.8 Å². The highest BCUT2D eigenvalue weighted by molar-refractivity contribution is 7.99. The van der Waals surface area contributed by atoms with E-state index in [1.54, 1.807) is 11.8 Å². The summed E-state index contributed by atoms with van der Waals surface area (Å²) in [4.78, 5) is 5.39. The lowest BCUT2D eigenvalue weighted by Gasteiger charge is -2.10. The van der Waals surface area contributed by atoms with Crippen LogP contribution in [0, 0.1) is 0 Å². The molecule has 0 amide bonds. The normalized spacial score (nSPS) is 12.2. The summed E-state index contributed by atoms with van der Waals surface area (Å²) in [6.45, 7) is 3.56. The quantitative estimate of drug-likeness (QED) is 0.281. The molecule has 0 saturated carbocycles. The molecular formula is C13H22N4O2S2. The largest absolute Gasteiger partial charge is 0.357 e. The molecule has 8 heteroatoms. The van der Waals surface area contributed by atoms with Gasteiger partial charge in [-0.1, -0.05) is 18.2 Å². The third kappa shape index (κ3) is 9.33. The molecular weight excluding hydrogens is 308 g/mol. The SMILES string of the molecule is CCNC(=NCCS(N)(=O)=O)NCCSc1ccccc1. The summed E-state index contributed by atoms with van der Waals surface area (Å²) in [5.41, 5.74) is 0.